The lowest BCUT2D eigenvalue weighted by molar-refractivity contribution is -0.133. The summed E-state index contributed by atoms with van der Waals surface area (Å²) in [5.74, 6) is 0.634. The van der Waals surface area contributed by atoms with Gasteiger partial charge in [-0.15, -0.1) is 12.4 Å². The fraction of sp³-hybridized carbons (Fsp3) is 0.611. The normalized spacial score (nSPS) is 21.4. The smallest absolute Gasteiger partial charge is 0.223 e. The molecule has 2 aliphatic rings. The van der Waals surface area contributed by atoms with Crippen LogP contribution in [0.1, 0.15) is 44.1 Å². The second-order valence-corrected chi connectivity index (χ2v) is 6.82. The molecule has 3 rings (SSSR count). The summed E-state index contributed by atoms with van der Waals surface area (Å²) < 4.78 is 0. The summed E-state index contributed by atoms with van der Waals surface area (Å²) in [6.45, 7) is 6.35. The van der Waals surface area contributed by atoms with Crippen molar-refractivity contribution < 1.29 is 4.79 Å². The van der Waals surface area contributed by atoms with Gasteiger partial charge in [0, 0.05) is 26.1 Å². The van der Waals surface area contributed by atoms with Crippen LogP contribution in [0.4, 0.5) is 0 Å². The summed E-state index contributed by atoms with van der Waals surface area (Å²) in [5, 5.41) is 3.48. The van der Waals surface area contributed by atoms with Gasteiger partial charge in [-0.05, 0) is 42.7 Å². The van der Waals surface area contributed by atoms with Crippen LogP contribution in [-0.2, 0) is 4.79 Å². The molecule has 2 heterocycles. The Morgan fingerprint density at radius 3 is 2.50 bits per heavy atom. The third-order valence-corrected chi connectivity index (χ3v) is 5.36. The Hall–Kier alpha value is -1.06. The fourth-order valence-corrected chi connectivity index (χ4v) is 3.74. The third-order valence-electron chi connectivity index (χ3n) is 5.36. The molecule has 1 atom stereocenters. The SMILES string of the molecule is CC(CC(=O)N1CCC2(CCNC2)CC1)c1ccccc1.Cl. The van der Waals surface area contributed by atoms with Gasteiger partial charge in [0.15, 0.2) is 0 Å². The predicted octanol–water partition coefficient (Wildman–Crippen LogP) is 3.20. The van der Waals surface area contributed by atoms with Crippen molar-refractivity contribution in [3.8, 4) is 0 Å². The van der Waals surface area contributed by atoms with Crippen LogP contribution >= 0.6 is 12.4 Å². The molecule has 122 valence electrons. The molecule has 1 aromatic rings. The first-order valence-corrected chi connectivity index (χ1v) is 8.22. The maximum absolute atomic E-state index is 12.5. The lowest BCUT2D eigenvalue weighted by Crippen LogP contribution is -2.44. The molecule has 22 heavy (non-hydrogen) atoms. The summed E-state index contributed by atoms with van der Waals surface area (Å²) in [6.07, 6.45) is 4.27. The predicted molar refractivity (Wildman–Crippen MR) is 92.5 cm³/mol. The van der Waals surface area contributed by atoms with Crippen LogP contribution in [0.25, 0.3) is 0 Å². The van der Waals surface area contributed by atoms with Crippen LogP contribution in [0, 0.1) is 5.41 Å². The molecule has 1 unspecified atom stereocenters. The zero-order chi connectivity index (χ0) is 14.7. The number of hydrogen-bond donors (Lipinski definition) is 1. The number of carbonyl (C=O) groups is 1. The van der Waals surface area contributed by atoms with Gasteiger partial charge in [-0.25, -0.2) is 0 Å². The van der Waals surface area contributed by atoms with E-state index in [-0.39, 0.29) is 12.4 Å². The van der Waals surface area contributed by atoms with E-state index < -0.39 is 0 Å². The fourth-order valence-electron chi connectivity index (χ4n) is 3.74. The van der Waals surface area contributed by atoms with E-state index in [1.165, 1.54) is 24.8 Å². The molecule has 0 bridgehead atoms. The lowest BCUT2D eigenvalue weighted by atomic mass is 9.77. The van der Waals surface area contributed by atoms with Gasteiger partial charge in [0.05, 0.1) is 0 Å². The molecule has 0 saturated carbocycles. The molecule has 0 radical (unpaired) electrons. The van der Waals surface area contributed by atoms with Crippen molar-refractivity contribution in [3.63, 3.8) is 0 Å². The number of benzene rings is 1. The van der Waals surface area contributed by atoms with Crippen molar-refractivity contribution in [2.24, 2.45) is 5.41 Å². The molecule has 4 heteroatoms. The number of rotatable bonds is 3. The van der Waals surface area contributed by atoms with Crippen LogP contribution in [0.5, 0.6) is 0 Å². The summed E-state index contributed by atoms with van der Waals surface area (Å²) in [7, 11) is 0. The number of likely N-dealkylation sites (tertiary alicyclic amines) is 1. The topological polar surface area (TPSA) is 32.3 Å². The van der Waals surface area contributed by atoms with E-state index in [1.807, 2.05) is 18.2 Å². The highest BCUT2D eigenvalue weighted by atomic mass is 35.5. The molecule has 1 aromatic carbocycles. The number of halogens is 1. The van der Waals surface area contributed by atoms with Crippen LogP contribution in [0.3, 0.4) is 0 Å². The zero-order valence-corrected chi connectivity index (χ0v) is 14.2. The number of carbonyl (C=O) groups excluding carboxylic acids is 1. The Morgan fingerprint density at radius 1 is 1.23 bits per heavy atom. The molecule has 0 aromatic heterocycles. The number of hydrogen-bond acceptors (Lipinski definition) is 2. The van der Waals surface area contributed by atoms with Gasteiger partial charge in [-0.2, -0.15) is 0 Å². The zero-order valence-electron chi connectivity index (χ0n) is 13.4. The van der Waals surface area contributed by atoms with Gasteiger partial charge >= 0.3 is 0 Å². The number of nitrogens with zero attached hydrogens (tertiary/aromatic N) is 1. The molecule has 3 nitrogen and oxygen atoms in total. The van der Waals surface area contributed by atoms with Gasteiger partial charge < -0.3 is 10.2 Å². The van der Waals surface area contributed by atoms with Gasteiger partial charge in [-0.3, -0.25) is 4.79 Å². The first kappa shape index (κ1) is 17.3. The highest BCUT2D eigenvalue weighted by molar-refractivity contribution is 5.85. The highest BCUT2D eigenvalue weighted by Gasteiger charge is 2.38. The molecule has 1 amide bonds. The van der Waals surface area contributed by atoms with E-state index in [0.717, 1.165) is 26.2 Å². The van der Waals surface area contributed by atoms with Gasteiger partial charge in [0.25, 0.3) is 0 Å². The van der Waals surface area contributed by atoms with Crippen LogP contribution in [0.15, 0.2) is 30.3 Å². The quantitative estimate of drug-likeness (QED) is 0.927. The second-order valence-electron chi connectivity index (χ2n) is 6.82. The van der Waals surface area contributed by atoms with Crippen LogP contribution < -0.4 is 5.32 Å². The van der Waals surface area contributed by atoms with Crippen molar-refractivity contribution in [3.05, 3.63) is 35.9 Å². The van der Waals surface area contributed by atoms with Crippen molar-refractivity contribution in [2.75, 3.05) is 26.2 Å². The van der Waals surface area contributed by atoms with Gasteiger partial charge in [0.1, 0.15) is 0 Å². The summed E-state index contributed by atoms with van der Waals surface area (Å²) in [4.78, 5) is 14.6. The Labute approximate surface area is 139 Å². The van der Waals surface area contributed by atoms with E-state index in [1.54, 1.807) is 0 Å². The average molecular weight is 323 g/mol. The average Bonchev–Trinajstić information content (AvgIpc) is 2.97. The van der Waals surface area contributed by atoms with E-state index in [4.69, 9.17) is 0 Å². The second kappa shape index (κ2) is 7.47. The molecule has 1 spiro atoms. The molecule has 2 fully saturated rings. The van der Waals surface area contributed by atoms with E-state index >= 15 is 0 Å². The number of amides is 1. The third kappa shape index (κ3) is 3.82. The van der Waals surface area contributed by atoms with Crippen molar-refractivity contribution in [2.45, 2.75) is 38.5 Å². The summed E-state index contributed by atoms with van der Waals surface area (Å²) in [6, 6.07) is 10.4. The van der Waals surface area contributed by atoms with Crippen molar-refractivity contribution in [1.29, 1.82) is 0 Å². The maximum atomic E-state index is 12.5. The van der Waals surface area contributed by atoms with Gasteiger partial charge in [-0.1, -0.05) is 37.3 Å². The van der Waals surface area contributed by atoms with Crippen LogP contribution in [-0.4, -0.2) is 37.0 Å². The lowest BCUT2D eigenvalue weighted by Gasteiger charge is -2.39. The number of piperidine rings is 1. The minimum Gasteiger partial charge on any atom is -0.343 e. The number of nitrogens with one attached hydrogen (secondary N) is 1. The summed E-state index contributed by atoms with van der Waals surface area (Å²) >= 11 is 0. The monoisotopic (exact) mass is 322 g/mol. The van der Waals surface area contributed by atoms with Gasteiger partial charge in [0.2, 0.25) is 5.91 Å². The van der Waals surface area contributed by atoms with E-state index in [9.17, 15) is 4.79 Å². The molecule has 2 saturated heterocycles. The highest BCUT2D eigenvalue weighted by Crippen LogP contribution is 2.37. The molecule has 2 aliphatic heterocycles. The largest absolute Gasteiger partial charge is 0.343 e. The minimum absolute atomic E-state index is 0. The molecule has 0 aliphatic carbocycles. The van der Waals surface area contributed by atoms with E-state index in [0.29, 0.717) is 23.7 Å². The van der Waals surface area contributed by atoms with Crippen molar-refractivity contribution >= 4 is 18.3 Å². The van der Waals surface area contributed by atoms with E-state index in [2.05, 4.69) is 29.3 Å². The first-order chi connectivity index (χ1) is 10.2. The Kier molecular flexibility index (Phi) is 5.87. The Bertz CT molecular complexity index is 475. The molecular weight excluding hydrogens is 296 g/mol. The Balaban J connectivity index is 0.00000176. The molecular formula is C18H27ClN2O. The van der Waals surface area contributed by atoms with Crippen LogP contribution in [0.2, 0.25) is 0 Å². The standard InChI is InChI=1S/C18H26N2O.ClH/c1-15(16-5-3-2-4-6-16)13-17(21)20-11-8-18(9-12-20)7-10-19-14-18;/h2-6,15,19H,7-14H2,1H3;1H. The Morgan fingerprint density at radius 2 is 1.91 bits per heavy atom. The summed E-state index contributed by atoms with van der Waals surface area (Å²) in [5.41, 5.74) is 1.75. The maximum Gasteiger partial charge on any atom is 0.223 e. The molecule has 1 N–H and O–H groups in total. The van der Waals surface area contributed by atoms with Crippen molar-refractivity contribution in [1.82, 2.24) is 10.2 Å². The first-order valence-electron chi connectivity index (χ1n) is 8.22. The minimum atomic E-state index is 0.